The van der Waals surface area contributed by atoms with Crippen molar-refractivity contribution < 1.29 is 9.53 Å². The Hall–Kier alpha value is -2.36. The van der Waals surface area contributed by atoms with Gasteiger partial charge in [-0.3, -0.25) is 0 Å². The second-order valence-electron chi connectivity index (χ2n) is 5.83. The van der Waals surface area contributed by atoms with Gasteiger partial charge in [0.05, 0.1) is 18.3 Å². The molecule has 4 heteroatoms. The molecular formula is C18H20N2O2. The van der Waals surface area contributed by atoms with Gasteiger partial charge >= 0.3 is 5.97 Å². The molecule has 0 amide bonds. The van der Waals surface area contributed by atoms with Crippen LogP contribution in [0.2, 0.25) is 0 Å². The minimum atomic E-state index is -0.370. The third-order valence-corrected chi connectivity index (χ3v) is 3.69. The third-order valence-electron chi connectivity index (χ3n) is 3.69. The van der Waals surface area contributed by atoms with Crippen molar-refractivity contribution in [1.82, 2.24) is 9.55 Å². The molecule has 0 atom stereocenters. The van der Waals surface area contributed by atoms with Gasteiger partial charge in [0.1, 0.15) is 5.69 Å². The van der Waals surface area contributed by atoms with Crippen LogP contribution in [0.4, 0.5) is 0 Å². The van der Waals surface area contributed by atoms with E-state index in [4.69, 9.17) is 4.74 Å². The number of para-hydroxylation sites is 1. The van der Waals surface area contributed by atoms with Crippen LogP contribution in [0.1, 0.15) is 31.3 Å². The van der Waals surface area contributed by atoms with Gasteiger partial charge in [0, 0.05) is 22.8 Å². The highest BCUT2D eigenvalue weighted by Crippen LogP contribution is 2.29. The molecule has 3 rings (SSSR count). The molecule has 4 nitrogen and oxygen atoms in total. The number of fused-ring (bicyclic) bond motifs is 3. The predicted octanol–water partition coefficient (Wildman–Crippen LogP) is 4.02. The topological polar surface area (TPSA) is 44.1 Å². The molecule has 1 aromatic carbocycles. The Morgan fingerprint density at radius 3 is 2.73 bits per heavy atom. The molecule has 0 saturated carbocycles. The van der Waals surface area contributed by atoms with E-state index < -0.39 is 0 Å². The average molecular weight is 296 g/mol. The zero-order valence-corrected chi connectivity index (χ0v) is 13.2. The molecule has 0 bridgehead atoms. The van der Waals surface area contributed by atoms with E-state index in [9.17, 15) is 4.79 Å². The van der Waals surface area contributed by atoms with Gasteiger partial charge in [0.25, 0.3) is 0 Å². The highest BCUT2D eigenvalue weighted by molar-refractivity contribution is 6.09. The molecule has 0 spiro atoms. The van der Waals surface area contributed by atoms with Crippen LogP contribution in [0.5, 0.6) is 0 Å². The van der Waals surface area contributed by atoms with Gasteiger partial charge in [-0.1, -0.05) is 32.0 Å². The molecule has 0 fully saturated rings. The van der Waals surface area contributed by atoms with Gasteiger partial charge in [-0.15, -0.1) is 0 Å². The van der Waals surface area contributed by atoms with Crippen LogP contribution in [0.3, 0.4) is 0 Å². The van der Waals surface area contributed by atoms with Crippen LogP contribution in [-0.4, -0.2) is 22.1 Å². The first-order chi connectivity index (χ1) is 10.6. The van der Waals surface area contributed by atoms with Gasteiger partial charge in [-0.25, -0.2) is 9.78 Å². The zero-order valence-electron chi connectivity index (χ0n) is 13.2. The number of nitrogens with zero attached hydrogens (tertiary/aromatic N) is 2. The van der Waals surface area contributed by atoms with Crippen molar-refractivity contribution in [3.05, 3.63) is 42.2 Å². The Morgan fingerprint density at radius 1 is 1.23 bits per heavy atom. The summed E-state index contributed by atoms with van der Waals surface area (Å²) in [4.78, 5) is 16.2. The first-order valence-electron chi connectivity index (χ1n) is 7.66. The summed E-state index contributed by atoms with van der Waals surface area (Å²) in [7, 11) is 0. The molecule has 2 heterocycles. The summed E-state index contributed by atoms with van der Waals surface area (Å²) in [5, 5.41) is 2.19. The summed E-state index contributed by atoms with van der Waals surface area (Å²) in [6.45, 7) is 7.46. The lowest BCUT2D eigenvalue weighted by Gasteiger charge is -2.10. The molecule has 0 N–H and O–H groups in total. The van der Waals surface area contributed by atoms with Crippen molar-refractivity contribution in [2.24, 2.45) is 5.92 Å². The normalized spacial score (nSPS) is 11.5. The molecule has 2 aromatic heterocycles. The number of rotatable bonds is 4. The Morgan fingerprint density at radius 2 is 2.00 bits per heavy atom. The van der Waals surface area contributed by atoms with E-state index in [1.54, 1.807) is 13.1 Å². The van der Waals surface area contributed by atoms with Crippen molar-refractivity contribution in [3.63, 3.8) is 0 Å². The van der Waals surface area contributed by atoms with Gasteiger partial charge in [0.2, 0.25) is 0 Å². The number of esters is 1. The van der Waals surface area contributed by atoms with Crippen LogP contribution in [0.25, 0.3) is 21.8 Å². The molecule has 22 heavy (non-hydrogen) atoms. The van der Waals surface area contributed by atoms with E-state index in [0.29, 0.717) is 18.2 Å². The number of ether oxygens (including phenoxy) is 1. The number of aromatic nitrogens is 2. The number of carbonyl (C=O) groups is 1. The van der Waals surface area contributed by atoms with Crippen LogP contribution in [-0.2, 0) is 11.3 Å². The number of hydrogen-bond donors (Lipinski definition) is 0. The van der Waals surface area contributed by atoms with E-state index in [0.717, 1.165) is 22.8 Å². The van der Waals surface area contributed by atoms with Gasteiger partial charge < -0.3 is 9.30 Å². The minimum Gasteiger partial charge on any atom is -0.461 e. The summed E-state index contributed by atoms with van der Waals surface area (Å²) in [6.07, 6.45) is 1.78. The molecule has 114 valence electrons. The van der Waals surface area contributed by atoms with Crippen molar-refractivity contribution in [1.29, 1.82) is 0 Å². The highest BCUT2D eigenvalue weighted by atomic mass is 16.5. The van der Waals surface area contributed by atoms with E-state index in [1.807, 2.05) is 18.2 Å². The van der Waals surface area contributed by atoms with Crippen molar-refractivity contribution in [2.45, 2.75) is 27.3 Å². The maximum atomic E-state index is 11.9. The smallest absolute Gasteiger partial charge is 0.356 e. The van der Waals surface area contributed by atoms with E-state index in [-0.39, 0.29) is 5.97 Å². The van der Waals surface area contributed by atoms with Crippen molar-refractivity contribution in [2.75, 3.05) is 6.61 Å². The zero-order chi connectivity index (χ0) is 15.7. The highest BCUT2D eigenvalue weighted by Gasteiger charge is 2.15. The first-order valence-corrected chi connectivity index (χ1v) is 7.66. The summed E-state index contributed by atoms with van der Waals surface area (Å²) in [5.74, 6) is 0.161. The number of benzene rings is 1. The quantitative estimate of drug-likeness (QED) is 0.683. The maximum Gasteiger partial charge on any atom is 0.356 e. The first kappa shape index (κ1) is 14.6. The number of hydrogen-bond acceptors (Lipinski definition) is 3. The van der Waals surface area contributed by atoms with E-state index in [1.165, 1.54) is 5.52 Å². The maximum absolute atomic E-state index is 11.9. The number of carbonyl (C=O) groups excluding carboxylic acids is 1. The standard InChI is InChI=1S/C18H20N2O2/c1-4-22-18(21)15-9-14-13-7-5-6-8-16(13)20(11-12(2)3)17(14)10-19-15/h5-10,12H,4,11H2,1-3H3. The molecule has 0 saturated heterocycles. The summed E-state index contributed by atoms with van der Waals surface area (Å²) < 4.78 is 7.33. The third kappa shape index (κ3) is 2.45. The Labute approximate surface area is 129 Å². The molecular weight excluding hydrogens is 276 g/mol. The largest absolute Gasteiger partial charge is 0.461 e. The van der Waals surface area contributed by atoms with E-state index in [2.05, 4.69) is 35.5 Å². The van der Waals surface area contributed by atoms with Gasteiger partial charge in [-0.2, -0.15) is 0 Å². The summed E-state index contributed by atoms with van der Waals surface area (Å²) in [5.41, 5.74) is 2.60. The molecule has 3 aromatic rings. The second-order valence-corrected chi connectivity index (χ2v) is 5.83. The minimum absolute atomic E-state index is 0.355. The summed E-state index contributed by atoms with van der Waals surface area (Å²) in [6, 6.07) is 10.1. The lowest BCUT2D eigenvalue weighted by atomic mass is 10.1. The molecule has 0 aliphatic carbocycles. The Bertz CT molecular complexity index is 834. The molecule has 0 radical (unpaired) electrons. The van der Waals surface area contributed by atoms with Crippen LogP contribution in [0.15, 0.2) is 36.5 Å². The fourth-order valence-electron chi connectivity index (χ4n) is 2.82. The van der Waals surface area contributed by atoms with Gasteiger partial charge in [-0.05, 0) is 25.0 Å². The van der Waals surface area contributed by atoms with Crippen molar-refractivity contribution in [3.8, 4) is 0 Å². The molecule has 0 aliphatic rings. The number of pyridine rings is 1. The second kappa shape index (κ2) is 5.79. The SMILES string of the molecule is CCOC(=O)c1cc2c3ccccc3n(CC(C)C)c2cn1. The monoisotopic (exact) mass is 296 g/mol. The van der Waals surface area contributed by atoms with Crippen LogP contribution in [0, 0.1) is 5.92 Å². The average Bonchev–Trinajstić information content (AvgIpc) is 2.81. The lowest BCUT2D eigenvalue weighted by Crippen LogP contribution is -2.07. The fourth-order valence-corrected chi connectivity index (χ4v) is 2.82. The summed E-state index contributed by atoms with van der Waals surface area (Å²) >= 11 is 0. The van der Waals surface area contributed by atoms with Crippen molar-refractivity contribution >= 4 is 27.8 Å². The van der Waals surface area contributed by atoms with Gasteiger partial charge in [0.15, 0.2) is 0 Å². The lowest BCUT2D eigenvalue weighted by molar-refractivity contribution is 0.0520. The Kier molecular flexibility index (Phi) is 3.84. The predicted molar refractivity (Wildman–Crippen MR) is 88.0 cm³/mol. The molecule has 0 aliphatic heterocycles. The molecule has 0 unspecified atom stereocenters. The fraction of sp³-hybridized carbons (Fsp3) is 0.333. The van der Waals surface area contributed by atoms with Crippen LogP contribution < -0.4 is 0 Å². The van der Waals surface area contributed by atoms with E-state index >= 15 is 0 Å². The Balaban J connectivity index is 2.24. The van der Waals surface area contributed by atoms with Crippen LogP contribution >= 0.6 is 0 Å².